The quantitative estimate of drug-likeness (QED) is 0.720. The lowest BCUT2D eigenvalue weighted by molar-refractivity contribution is 0.228. The number of rotatable bonds is 2. The third-order valence-electron chi connectivity index (χ3n) is 1.91. The van der Waals surface area contributed by atoms with E-state index < -0.39 is 6.10 Å². The Morgan fingerprint density at radius 2 is 2.15 bits per heavy atom. The molecule has 1 atom stereocenters. The molecule has 0 saturated heterocycles. The molecule has 1 aromatic rings. The Kier molecular flexibility index (Phi) is 3.52. The van der Waals surface area contributed by atoms with Crippen LogP contribution in [0.1, 0.15) is 24.2 Å². The standard InChI is InChI=1S/C11H13ClO/c1-3-4-11(13)9-6-5-8(2)10(12)7-9/h3-7,11,13H,1-2H3/b4-3+. The zero-order valence-corrected chi connectivity index (χ0v) is 8.55. The molecule has 0 spiro atoms. The molecule has 0 aromatic heterocycles. The number of aliphatic hydroxyl groups excluding tert-OH is 1. The fourth-order valence-electron chi connectivity index (χ4n) is 1.09. The maximum Gasteiger partial charge on any atom is 0.0972 e. The summed E-state index contributed by atoms with van der Waals surface area (Å²) in [5.74, 6) is 0. The van der Waals surface area contributed by atoms with Crippen molar-refractivity contribution >= 4 is 11.6 Å². The van der Waals surface area contributed by atoms with Gasteiger partial charge in [0.15, 0.2) is 0 Å². The average molecular weight is 197 g/mol. The molecule has 1 rings (SSSR count). The molecule has 0 aliphatic rings. The molecule has 1 aromatic carbocycles. The predicted octanol–water partition coefficient (Wildman–Crippen LogP) is 3.26. The Balaban J connectivity index is 2.96. The minimum Gasteiger partial charge on any atom is -0.384 e. The van der Waals surface area contributed by atoms with E-state index in [-0.39, 0.29) is 0 Å². The predicted molar refractivity (Wildman–Crippen MR) is 56.0 cm³/mol. The molecule has 0 radical (unpaired) electrons. The van der Waals surface area contributed by atoms with E-state index in [0.29, 0.717) is 5.02 Å². The second-order valence-corrected chi connectivity index (χ2v) is 3.39. The van der Waals surface area contributed by atoms with E-state index in [1.165, 1.54) is 0 Å². The third kappa shape index (κ3) is 2.58. The molecule has 1 nitrogen and oxygen atoms in total. The van der Waals surface area contributed by atoms with Gasteiger partial charge < -0.3 is 5.11 Å². The van der Waals surface area contributed by atoms with Crippen LogP contribution in [-0.4, -0.2) is 5.11 Å². The van der Waals surface area contributed by atoms with Crippen molar-refractivity contribution in [2.75, 3.05) is 0 Å². The molecule has 0 saturated carbocycles. The van der Waals surface area contributed by atoms with Gasteiger partial charge in [-0.3, -0.25) is 0 Å². The van der Waals surface area contributed by atoms with Crippen molar-refractivity contribution in [3.63, 3.8) is 0 Å². The van der Waals surface area contributed by atoms with Crippen molar-refractivity contribution < 1.29 is 5.11 Å². The van der Waals surface area contributed by atoms with Gasteiger partial charge in [-0.05, 0) is 31.0 Å². The number of halogens is 1. The SMILES string of the molecule is C/C=C/C(O)c1ccc(C)c(Cl)c1. The van der Waals surface area contributed by atoms with Crippen molar-refractivity contribution in [3.05, 3.63) is 46.5 Å². The van der Waals surface area contributed by atoms with Gasteiger partial charge in [-0.2, -0.15) is 0 Å². The van der Waals surface area contributed by atoms with Gasteiger partial charge in [0, 0.05) is 5.02 Å². The lowest BCUT2D eigenvalue weighted by Crippen LogP contribution is -1.93. The molecule has 0 aliphatic heterocycles. The van der Waals surface area contributed by atoms with Crippen molar-refractivity contribution in [1.82, 2.24) is 0 Å². The summed E-state index contributed by atoms with van der Waals surface area (Å²) in [4.78, 5) is 0. The van der Waals surface area contributed by atoms with E-state index >= 15 is 0 Å². The Hall–Kier alpha value is -0.790. The van der Waals surface area contributed by atoms with Gasteiger partial charge in [-0.1, -0.05) is 35.9 Å². The summed E-state index contributed by atoms with van der Waals surface area (Å²) in [5.41, 5.74) is 1.85. The summed E-state index contributed by atoms with van der Waals surface area (Å²) in [7, 11) is 0. The van der Waals surface area contributed by atoms with E-state index in [1.807, 2.05) is 32.1 Å². The van der Waals surface area contributed by atoms with Crippen LogP contribution in [-0.2, 0) is 0 Å². The summed E-state index contributed by atoms with van der Waals surface area (Å²) >= 11 is 5.92. The van der Waals surface area contributed by atoms with Gasteiger partial charge in [-0.25, -0.2) is 0 Å². The molecule has 0 bridgehead atoms. The van der Waals surface area contributed by atoms with Crippen molar-refractivity contribution in [2.45, 2.75) is 20.0 Å². The molecule has 70 valence electrons. The number of hydrogen-bond donors (Lipinski definition) is 1. The zero-order valence-electron chi connectivity index (χ0n) is 7.79. The van der Waals surface area contributed by atoms with Crippen LogP contribution in [0.2, 0.25) is 5.02 Å². The Bertz CT molecular complexity index is 318. The van der Waals surface area contributed by atoms with Gasteiger partial charge >= 0.3 is 0 Å². The summed E-state index contributed by atoms with van der Waals surface area (Å²) in [6.45, 7) is 3.81. The molecule has 2 heteroatoms. The van der Waals surface area contributed by atoms with Crippen LogP contribution in [0.25, 0.3) is 0 Å². The molecule has 0 heterocycles. The first-order chi connectivity index (χ1) is 6.15. The second-order valence-electron chi connectivity index (χ2n) is 2.98. The van der Waals surface area contributed by atoms with Crippen LogP contribution in [0.3, 0.4) is 0 Å². The maximum absolute atomic E-state index is 9.59. The van der Waals surface area contributed by atoms with Crippen LogP contribution < -0.4 is 0 Å². The lowest BCUT2D eigenvalue weighted by Gasteiger charge is -2.07. The highest BCUT2D eigenvalue weighted by atomic mass is 35.5. The van der Waals surface area contributed by atoms with Crippen molar-refractivity contribution in [2.24, 2.45) is 0 Å². The van der Waals surface area contributed by atoms with Crippen molar-refractivity contribution in [3.8, 4) is 0 Å². The molecule has 0 amide bonds. The fourth-order valence-corrected chi connectivity index (χ4v) is 1.28. The number of aryl methyl sites for hydroxylation is 1. The Labute approximate surface area is 83.7 Å². The Morgan fingerprint density at radius 1 is 1.46 bits per heavy atom. The van der Waals surface area contributed by atoms with Crippen LogP contribution in [0.4, 0.5) is 0 Å². The molecular formula is C11H13ClO. The zero-order chi connectivity index (χ0) is 9.84. The van der Waals surface area contributed by atoms with E-state index in [1.54, 1.807) is 12.1 Å². The summed E-state index contributed by atoms with van der Waals surface area (Å²) in [5, 5.41) is 10.3. The molecular weight excluding hydrogens is 184 g/mol. The normalized spacial score (nSPS) is 13.5. The van der Waals surface area contributed by atoms with Gasteiger partial charge in [0.1, 0.15) is 0 Å². The molecule has 0 aliphatic carbocycles. The van der Waals surface area contributed by atoms with E-state index in [0.717, 1.165) is 11.1 Å². The van der Waals surface area contributed by atoms with Gasteiger partial charge in [0.2, 0.25) is 0 Å². The van der Waals surface area contributed by atoms with Crippen LogP contribution >= 0.6 is 11.6 Å². The highest BCUT2D eigenvalue weighted by molar-refractivity contribution is 6.31. The first-order valence-corrected chi connectivity index (χ1v) is 4.60. The maximum atomic E-state index is 9.59. The van der Waals surface area contributed by atoms with E-state index in [9.17, 15) is 5.11 Å². The number of aliphatic hydroxyl groups is 1. The highest BCUT2D eigenvalue weighted by Gasteiger charge is 2.04. The minimum absolute atomic E-state index is 0.553. The first-order valence-electron chi connectivity index (χ1n) is 4.22. The van der Waals surface area contributed by atoms with Gasteiger partial charge in [-0.15, -0.1) is 0 Å². The smallest absolute Gasteiger partial charge is 0.0972 e. The average Bonchev–Trinajstić information content (AvgIpc) is 2.10. The fraction of sp³-hybridized carbons (Fsp3) is 0.273. The van der Waals surface area contributed by atoms with Gasteiger partial charge in [0.05, 0.1) is 6.10 Å². The molecule has 0 fully saturated rings. The van der Waals surface area contributed by atoms with E-state index in [2.05, 4.69) is 0 Å². The van der Waals surface area contributed by atoms with Crippen LogP contribution in [0, 0.1) is 6.92 Å². The van der Waals surface area contributed by atoms with Crippen LogP contribution in [0.15, 0.2) is 30.4 Å². The van der Waals surface area contributed by atoms with Crippen LogP contribution in [0.5, 0.6) is 0 Å². The Morgan fingerprint density at radius 3 is 2.69 bits per heavy atom. The highest BCUT2D eigenvalue weighted by Crippen LogP contribution is 2.21. The van der Waals surface area contributed by atoms with E-state index in [4.69, 9.17) is 11.6 Å². The molecule has 1 N–H and O–H groups in total. The van der Waals surface area contributed by atoms with Gasteiger partial charge in [0.25, 0.3) is 0 Å². The summed E-state index contributed by atoms with van der Waals surface area (Å²) < 4.78 is 0. The largest absolute Gasteiger partial charge is 0.384 e. The molecule has 1 unspecified atom stereocenters. The monoisotopic (exact) mass is 196 g/mol. The summed E-state index contributed by atoms with van der Waals surface area (Å²) in [6, 6.07) is 5.58. The lowest BCUT2D eigenvalue weighted by atomic mass is 10.1. The second kappa shape index (κ2) is 4.45. The van der Waals surface area contributed by atoms with Crippen molar-refractivity contribution in [1.29, 1.82) is 0 Å². The first kappa shape index (κ1) is 10.3. The number of hydrogen-bond acceptors (Lipinski definition) is 1. The third-order valence-corrected chi connectivity index (χ3v) is 2.32. The topological polar surface area (TPSA) is 20.2 Å². The summed E-state index contributed by atoms with van der Waals surface area (Å²) in [6.07, 6.45) is 2.99. The number of benzene rings is 1. The molecule has 13 heavy (non-hydrogen) atoms. The number of allylic oxidation sites excluding steroid dienone is 1. The minimum atomic E-state index is -0.553.